The topological polar surface area (TPSA) is 0 Å². The number of fused-ring (bicyclic) bond motifs is 1. The Bertz CT molecular complexity index is 332. The molecule has 1 aliphatic rings. The van der Waals surface area contributed by atoms with Crippen LogP contribution in [-0.4, -0.2) is 0 Å². The lowest BCUT2D eigenvalue weighted by molar-refractivity contribution is 1.08. The Morgan fingerprint density at radius 2 is 2.00 bits per heavy atom. The zero-order chi connectivity index (χ0) is 8.55. The van der Waals surface area contributed by atoms with E-state index in [0.29, 0.717) is 0 Å². The van der Waals surface area contributed by atoms with E-state index in [0.717, 1.165) is 6.42 Å². The summed E-state index contributed by atoms with van der Waals surface area (Å²) in [5.74, 6) is 0. The van der Waals surface area contributed by atoms with Gasteiger partial charge in [0.25, 0.3) is 0 Å². The van der Waals surface area contributed by atoms with Crippen molar-refractivity contribution in [2.75, 3.05) is 0 Å². The van der Waals surface area contributed by atoms with Gasteiger partial charge in [-0.3, -0.25) is 0 Å². The van der Waals surface area contributed by atoms with E-state index in [2.05, 4.69) is 44.5 Å². The van der Waals surface area contributed by atoms with Gasteiger partial charge in [-0.2, -0.15) is 0 Å². The Morgan fingerprint density at radius 3 is 2.83 bits per heavy atom. The highest BCUT2D eigenvalue weighted by atomic mass is 14.1. The first-order valence-corrected chi connectivity index (χ1v) is 4.36. The average molecular weight is 157 g/mol. The molecule has 0 spiro atoms. The fourth-order valence-corrected chi connectivity index (χ4v) is 1.64. The molecule has 0 unspecified atom stereocenters. The molecule has 1 aromatic rings. The molecule has 1 radical (unpaired) electrons. The van der Waals surface area contributed by atoms with Gasteiger partial charge in [-0.15, -0.1) is 0 Å². The van der Waals surface area contributed by atoms with E-state index in [1.54, 1.807) is 0 Å². The van der Waals surface area contributed by atoms with Crippen molar-refractivity contribution in [2.45, 2.75) is 20.3 Å². The minimum Gasteiger partial charge on any atom is -0.0768 e. The van der Waals surface area contributed by atoms with Crippen molar-refractivity contribution in [3.63, 3.8) is 0 Å². The predicted molar refractivity (Wildman–Crippen MR) is 52.0 cm³/mol. The van der Waals surface area contributed by atoms with Crippen molar-refractivity contribution in [3.8, 4) is 0 Å². The summed E-state index contributed by atoms with van der Waals surface area (Å²) in [5.41, 5.74) is 5.66. The Balaban J connectivity index is 2.43. The SMILES string of the molecule is CC1=C[CH]c2ccc(C)cc2C1. The highest BCUT2D eigenvalue weighted by molar-refractivity contribution is 5.44. The quantitative estimate of drug-likeness (QED) is 0.543. The second-order valence-electron chi connectivity index (χ2n) is 3.56. The standard InChI is InChI=1S/C12H13/c1-9-3-5-11-6-4-10(2)8-12(11)7-9/h3-7H,8H2,1-2H3. The first-order valence-electron chi connectivity index (χ1n) is 4.36. The van der Waals surface area contributed by atoms with Gasteiger partial charge in [-0.25, -0.2) is 0 Å². The van der Waals surface area contributed by atoms with Gasteiger partial charge in [0.1, 0.15) is 0 Å². The predicted octanol–water partition coefficient (Wildman–Crippen LogP) is 3.05. The second kappa shape index (κ2) is 2.78. The van der Waals surface area contributed by atoms with Crippen LogP contribution in [0.3, 0.4) is 0 Å². The normalized spacial score (nSPS) is 15.3. The summed E-state index contributed by atoms with van der Waals surface area (Å²) < 4.78 is 0. The maximum absolute atomic E-state index is 2.28. The molecule has 0 nitrogen and oxygen atoms in total. The zero-order valence-corrected chi connectivity index (χ0v) is 7.59. The maximum atomic E-state index is 2.28. The van der Waals surface area contributed by atoms with Gasteiger partial charge >= 0.3 is 0 Å². The molecule has 2 rings (SSSR count). The molecular weight excluding hydrogens is 144 g/mol. The molecule has 1 aromatic carbocycles. The van der Waals surface area contributed by atoms with Gasteiger partial charge in [-0.05, 0) is 31.4 Å². The fraction of sp³-hybridized carbons (Fsp3) is 0.250. The monoisotopic (exact) mass is 157 g/mol. The van der Waals surface area contributed by atoms with Crippen LogP contribution in [0.25, 0.3) is 0 Å². The lowest BCUT2D eigenvalue weighted by Crippen LogP contribution is -1.99. The minimum absolute atomic E-state index is 1.12. The van der Waals surface area contributed by atoms with Crippen LogP contribution in [-0.2, 0) is 6.42 Å². The Kier molecular flexibility index (Phi) is 1.76. The van der Waals surface area contributed by atoms with Crippen molar-refractivity contribution in [3.05, 3.63) is 53.0 Å². The van der Waals surface area contributed by atoms with Crippen LogP contribution in [0.2, 0.25) is 0 Å². The summed E-state index contributed by atoms with van der Waals surface area (Å²) in [6, 6.07) is 6.65. The van der Waals surface area contributed by atoms with Crippen molar-refractivity contribution < 1.29 is 0 Å². The van der Waals surface area contributed by atoms with Crippen LogP contribution in [0.5, 0.6) is 0 Å². The molecule has 0 atom stereocenters. The number of hydrogen-bond donors (Lipinski definition) is 0. The molecular formula is C12H13. The number of allylic oxidation sites excluding steroid dienone is 2. The molecule has 0 bridgehead atoms. The highest BCUT2D eigenvalue weighted by Gasteiger charge is 2.07. The Morgan fingerprint density at radius 1 is 1.17 bits per heavy atom. The average Bonchev–Trinajstić information content (AvgIpc) is 2.03. The Hall–Kier alpha value is -1.04. The van der Waals surface area contributed by atoms with Crippen molar-refractivity contribution in [1.82, 2.24) is 0 Å². The van der Waals surface area contributed by atoms with Crippen LogP contribution >= 0.6 is 0 Å². The molecule has 0 saturated heterocycles. The van der Waals surface area contributed by atoms with Crippen LogP contribution < -0.4 is 0 Å². The van der Waals surface area contributed by atoms with Crippen LogP contribution in [0.1, 0.15) is 23.6 Å². The van der Waals surface area contributed by atoms with Gasteiger partial charge in [0.15, 0.2) is 0 Å². The largest absolute Gasteiger partial charge is 0.0768 e. The molecule has 0 heterocycles. The first kappa shape index (κ1) is 7.60. The summed E-state index contributed by atoms with van der Waals surface area (Å²) in [4.78, 5) is 0. The van der Waals surface area contributed by atoms with E-state index in [-0.39, 0.29) is 0 Å². The van der Waals surface area contributed by atoms with Crippen molar-refractivity contribution in [1.29, 1.82) is 0 Å². The molecule has 12 heavy (non-hydrogen) atoms. The van der Waals surface area contributed by atoms with E-state index in [4.69, 9.17) is 0 Å². The third-order valence-electron chi connectivity index (χ3n) is 2.32. The van der Waals surface area contributed by atoms with E-state index >= 15 is 0 Å². The summed E-state index contributed by atoms with van der Waals surface area (Å²) in [6.45, 7) is 4.33. The van der Waals surface area contributed by atoms with Crippen molar-refractivity contribution >= 4 is 0 Å². The van der Waals surface area contributed by atoms with E-state index in [9.17, 15) is 0 Å². The molecule has 1 aliphatic carbocycles. The fourth-order valence-electron chi connectivity index (χ4n) is 1.64. The molecule has 0 aromatic heterocycles. The summed E-state index contributed by atoms with van der Waals surface area (Å²) in [7, 11) is 0. The lowest BCUT2D eigenvalue weighted by atomic mass is 9.91. The minimum atomic E-state index is 1.12. The molecule has 0 heteroatoms. The third-order valence-corrected chi connectivity index (χ3v) is 2.32. The van der Waals surface area contributed by atoms with E-state index in [1.165, 1.54) is 22.3 Å². The lowest BCUT2D eigenvalue weighted by Gasteiger charge is -2.14. The van der Waals surface area contributed by atoms with Gasteiger partial charge < -0.3 is 0 Å². The molecule has 0 saturated carbocycles. The molecule has 0 N–H and O–H groups in total. The van der Waals surface area contributed by atoms with Gasteiger partial charge in [-0.1, -0.05) is 35.4 Å². The highest BCUT2D eigenvalue weighted by Crippen LogP contribution is 2.22. The number of rotatable bonds is 0. The second-order valence-corrected chi connectivity index (χ2v) is 3.56. The first-order chi connectivity index (χ1) is 5.75. The maximum Gasteiger partial charge on any atom is 0.0127 e. The number of hydrogen-bond acceptors (Lipinski definition) is 0. The zero-order valence-electron chi connectivity index (χ0n) is 7.59. The number of aryl methyl sites for hydroxylation is 1. The van der Waals surface area contributed by atoms with Gasteiger partial charge in [0.05, 0.1) is 0 Å². The smallest absolute Gasteiger partial charge is 0.0127 e. The summed E-state index contributed by atoms with van der Waals surface area (Å²) in [5, 5.41) is 0. The number of benzene rings is 1. The molecule has 61 valence electrons. The molecule has 0 amide bonds. The molecule has 0 fully saturated rings. The van der Waals surface area contributed by atoms with Gasteiger partial charge in [0, 0.05) is 6.42 Å². The van der Waals surface area contributed by atoms with E-state index < -0.39 is 0 Å². The van der Waals surface area contributed by atoms with E-state index in [1.807, 2.05) is 0 Å². The summed E-state index contributed by atoms with van der Waals surface area (Å²) in [6.07, 6.45) is 5.53. The van der Waals surface area contributed by atoms with Crippen molar-refractivity contribution in [2.24, 2.45) is 0 Å². The molecule has 0 aliphatic heterocycles. The van der Waals surface area contributed by atoms with Gasteiger partial charge in [0.2, 0.25) is 0 Å². The Labute approximate surface area is 73.9 Å². The third kappa shape index (κ3) is 1.29. The summed E-state index contributed by atoms with van der Waals surface area (Å²) >= 11 is 0. The van der Waals surface area contributed by atoms with Crippen LogP contribution in [0, 0.1) is 13.3 Å². The van der Waals surface area contributed by atoms with Crippen LogP contribution in [0.15, 0.2) is 29.8 Å². The van der Waals surface area contributed by atoms with Crippen LogP contribution in [0.4, 0.5) is 0 Å².